The Kier molecular flexibility index (Phi) is 9.81. The third-order valence-electron chi connectivity index (χ3n) is 0. The summed E-state index contributed by atoms with van der Waals surface area (Å²) in [6.07, 6.45) is 0. The van der Waals surface area contributed by atoms with Gasteiger partial charge in [0.05, 0.1) is 0 Å². The SMILES string of the molecule is CP(C)C.[Au+]. The van der Waals surface area contributed by atoms with Crippen molar-refractivity contribution in [1.82, 2.24) is 0 Å². The van der Waals surface area contributed by atoms with Crippen molar-refractivity contribution in [1.29, 1.82) is 0 Å². The van der Waals surface area contributed by atoms with Crippen LogP contribution in [0.4, 0.5) is 0 Å². The van der Waals surface area contributed by atoms with Crippen molar-refractivity contribution in [3.05, 3.63) is 0 Å². The summed E-state index contributed by atoms with van der Waals surface area (Å²) in [5, 5.41) is 0. The van der Waals surface area contributed by atoms with E-state index in [-0.39, 0.29) is 22.4 Å². The van der Waals surface area contributed by atoms with Crippen molar-refractivity contribution in [2.24, 2.45) is 0 Å². The fraction of sp³-hybridized carbons (Fsp3) is 1.00. The molecule has 0 aromatic heterocycles. The van der Waals surface area contributed by atoms with E-state index < -0.39 is 0 Å². The number of rotatable bonds is 0. The predicted octanol–water partition coefficient (Wildman–Crippen LogP) is 1.36. The Morgan fingerprint density at radius 2 is 1.00 bits per heavy atom. The third-order valence-corrected chi connectivity index (χ3v) is 0. The van der Waals surface area contributed by atoms with Gasteiger partial charge in [-0.3, -0.25) is 0 Å². The molecule has 0 rings (SSSR count). The fourth-order valence-corrected chi connectivity index (χ4v) is 0. The topological polar surface area (TPSA) is 0 Å². The Labute approximate surface area is 50.6 Å². The second-order valence-electron chi connectivity index (χ2n) is 1.34. The van der Waals surface area contributed by atoms with Gasteiger partial charge in [0, 0.05) is 0 Å². The second kappa shape index (κ2) is 5.17. The average Bonchev–Trinajstić information content (AvgIpc) is 0.811. The van der Waals surface area contributed by atoms with Crippen LogP contribution in [0.2, 0.25) is 0 Å². The van der Waals surface area contributed by atoms with Crippen LogP contribution in [-0.4, -0.2) is 20.0 Å². The third kappa shape index (κ3) is 37.9. The first-order valence-corrected chi connectivity index (χ1v) is 4.02. The molecule has 0 heterocycles. The normalized spacial score (nSPS) is 7.20. The number of hydrogen-bond acceptors (Lipinski definition) is 0. The van der Waals surface area contributed by atoms with E-state index in [1.54, 1.807) is 0 Å². The summed E-state index contributed by atoms with van der Waals surface area (Å²) in [6.45, 7) is 6.69. The van der Waals surface area contributed by atoms with E-state index in [1.807, 2.05) is 0 Å². The van der Waals surface area contributed by atoms with Crippen molar-refractivity contribution in [2.45, 2.75) is 0 Å². The molecule has 2 heteroatoms. The van der Waals surface area contributed by atoms with E-state index in [4.69, 9.17) is 0 Å². The number of hydrogen-bond donors (Lipinski definition) is 0. The van der Waals surface area contributed by atoms with Gasteiger partial charge in [-0.25, -0.2) is 0 Å². The zero-order valence-corrected chi connectivity index (χ0v) is 6.81. The molecule has 0 radical (unpaired) electrons. The molecule has 0 aliphatic heterocycles. The zero-order valence-electron chi connectivity index (χ0n) is 3.75. The molecule has 0 aliphatic carbocycles. The van der Waals surface area contributed by atoms with Crippen LogP contribution in [0, 0.1) is 0 Å². The van der Waals surface area contributed by atoms with Crippen LogP contribution >= 0.6 is 7.92 Å². The van der Waals surface area contributed by atoms with Gasteiger partial charge in [-0.2, -0.15) is 0 Å². The minimum Gasteiger partial charge on any atom is -0.116 e. The summed E-state index contributed by atoms with van der Waals surface area (Å²) < 4.78 is 0. The molecule has 0 saturated heterocycles. The first kappa shape index (κ1) is 9.48. The Hall–Kier alpha value is 1.17. The average molecular weight is 273 g/mol. The molecule has 0 aromatic rings. The Balaban J connectivity index is 0. The summed E-state index contributed by atoms with van der Waals surface area (Å²) in [5.74, 6) is 0. The molecule has 0 saturated carbocycles. The van der Waals surface area contributed by atoms with Crippen LogP contribution < -0.4 is 0 Å². The van der Waals surface area contributed by atoms with E-state index in [0.29, 0.717) is 7.92 Å². The van der Waals surface area contributed by atoms with Gasteiger partial charge >= 0.3 is 22.4 Å². The fourth-order valence-electron chi connectivity index (χ4n) is 0. The quantitative estimate of drug-likeness (QED) is 0.462. The maximum absolute atomic E-state index is 2.23. The minimum absolute atomic E-state index is 0. The summed E-state index contributed by atoms with van der Waals surface area (Å²) in [4.78, 5) is 0. The van der Waals surface area contributed by atoms with Gasteiger partial charge in [-0.15, -0.1) is 7.92 Å². The molecular weight excluding hydrogens is 264 g/mol. The van der Waals surface area contributed by atoms with Crippen molar-refractivity contribution in [3.63, 3.8) is 0 Å². The summed E-state index contributed by atoms with van der Waals surface area (Å²) in [5.41, 5.74) is 0. The van der Waals surface area contributed by atoms with E-state index >= 15 is 0 Å². The van der Waals surface area contributed by atoms with Gasteiger partial charge < -0.3 is 0 Å². The van der Waals surface area contributed by atoms with Gasteiger partial charge in [-0.1, -0.05) is 0 Å². The van der Waals surface area contributed by atoms with Crippen LogP contribution in [0.1, 0.15) is 0 Å². The van der Waals surface area contributed by atoms with Crippen LogP contribution in [0.5, 0.6) is 0 Å². The molecule has 36 valence electrons. The molecule has 5 heavy (non-hydrogen) atoms. The molecule has 0 fully saturated rings. The van der Waals surface area contributed by atoms with Crippen LogP contribution in [0.25, 0.3) is 0 Å². The van der Waals surface area contributed by atoms with E-state index in [2.05, 4.69) is 20.0 Å². The van der Waals surface area contributed by atoms with Gasteiger partial charge in [0.1, 0.15) is 0 Å². The molecule has 0 N–H and O–H groups in total. The molecule has 0 unspecified atom stereocenters. The van der Waals surface area contributed by atoms with Gasteiger partial charge in [0.2, 0.25) is 0 Å². The van der Waals surface area contributed by atoms with Gasteiger partial charge in [0.25, 0.3) is 0 Å². The van der Waals surface area contributed by atoms with Crippen molar-refractivity contribution in [2.75, 3.05) is 20.0 Å². The maximum Gasteiger partial charge on any atom is 1.00 e. The molecule has 0 atom stereocenters. The smallest absolute Gasteiger partial charge is 0.116 e. The first-order valence-electron chi connectivity index (χ1n) is 1.34. The summed E-state index contributed by atoms with van der Waals surface area (Å²) >= 11 is 0. The molecular formula is C3H9AuP+. The molecule has 0 amide bonds. The van der Waals surface area contributed by atoms with Crippen molar-refractivity contribution in [3.8, 4) is 0 Å². The molecule has 0 bridgehead atoms. The second-order valence-corrected chi connectivity index (χ2v) is 4.02. The molecule has 0 spiro atoms. The van der Waals surface area contributed by atoms with Crippen LogP contribution in [0.15, 0.2) is 0 Å². The molecule has 0 aliphatic rings. The van der Waals surface area contributed by atoms with E-state index in [9.17, 15) is 0 Å². The standard InChI is InChI=1S/C3H9P.Au/c1-4(2)3;/h1-3H3;/q;+1. The monoisotopic (exact) mass is 273 g/mol. The summed E-state index contributed by atoms with van der Waals surface area (Å²) in [7, 11) is 0.380. The Bertz CT molecular complexity index is 11.6. The zero-order chi connectivity index (χ0) is 3.58. The largest absolute Gasteiger partial charge is 1.00 e. The van der Waals surface area contributed by atoms with Crippen molar-refractivity contribution >= 4 is 7.92 Å². The molecule has 0 aromatic carbocycles. The van der Waals surface area contributed by atoms with Crippen LogP contribution in [0.3, 0.4) is 0 Å². The molecule has 0 nitrogen and oxygen atoms in total. The predicted molar refractivity (Wildman–Crippen MR) is 24.7 cm³/mol. The first-order chi connectivity index (χ1) is 1.73. The van der Waals surface area contributed by atoms with E-state index in [0.717, 1.165) is 0 Å². The summed E-state index contributed by atoms with van der Waals surface area (Å²) in [6, 6.07) is 0. The van der Waals surface area contributed by atoms with Gasteiger partial charge in [0.15, 0.2) is 0 Å². The minimum atomic E-state index is 0. The van der Waals surface area contributed by atoms with Gasteiger partial charge in [-0.05, 0) is 20.0 Å². The van der Waals surface area contributed by atoms with Crippen molar-refractivity contribution < 1.29 is 22.4 Å². The Morgan fingerprint density at radius 3 is 1.00 bits per heavy atom. The maximum atomic E-state index is 2.23. The Morgan fingerprint density at radius 1 is 1.00 bits per heavy atom. The van der Waals surface area contributed by atoms with E-state index in [1.165, 1.54) is 0 Å². The van der Waals surface area contributed by atoms with Crippen LogP contribution in [-0.2, 0) is 22.4 Å².